The van der Waals surface area contributed by atoms with Gasteiger partial charge in [0.1, 0.15) is 23.1 Å². The summed E-state index contributed by atoms with van der Waals surface area (Å²) in [6, 6.07) is 7.79. The highest BCUT2D eigenvalue weighted by molar-refractivity contribution is 6.15. The molecule has 8 nitrogen and oxygen atoms in total. The number of carboxylic acids is 1. The average Bonchev–Trinajstić information content (AvgIpc) is 2.92. The van der Waals surface area contributed by atoms with Crippen molar-refractivity contribution in [2.24, 2.45) is 11.8 Å². The second kappa shape index (κ2) is 10.5. The van der Waals surface area contributed by atoms with E-state index in [1.54, 1.807) is 18.2 Å². The van der Waals surface area contributed by atoms with Gasteiger partial charge in [0.2, 0.25) is 0 Å². The van der Waals surface area contributed by atoms with Gasteiger partial charge in [-0.1, -0.05) is 18.2 Å². The van der Waals surface area contributed by atoms with E-state index in [-0.39, 0.29) is 64.1 Å². The molecule has 0 aliphatic carbocycles. The van der Waals surface area contributed by atoms with Gasteiger partial charge in [0, 0.05) is 72.6 Å². The molecule has 0 aromatic heterocycles. The Morgan fingerprint density at radius 3 is 1.84 bits per heavy atom. The molecule has 8 heteroatoms. The Labute approximate surface area is 213 Å². The molecule has 0 atom stereocenters. The molecule has 3 aromatic rings. The molecule has 0 radical (unpaired) electrons. The molecule has 37 heavy (non-hydrogen) atoms. The number of benzene rings is 3. The van der Waals surface area contributed by atoms with Crippen molar-refractivity contribution < 1.29 is 39.2 Å². The van der Waals surface area contributed by atoms with Crippen molar-refractivity contribution in [3.63, 3.8) is 0 Å². The molecular formula is C29H30O8. The molecule has 0 unspecified atom stereocenters. The van der Waals surface area contributed by atoms with Crippen molar-refractivity contribution in [3.8, 4) is 11.5 Å². The molecule has 2 saturated heterocycles. The van der Waals surface area contributed by atoms with Crippen LogP contribution in [0.5, 0.6) is 11.5 Å². The van der Waals surface area contributed by atoms with Crippen LogP contribution in [0.2, 0.25) is 0 Å². The van der Waals surface area contributed by atoms with Crippen LogP contribution in [0, 0.1) is 11.8 Å². The molecule has 5 rings (SSSR count). The van der Waals surface area contributed by atoms with Crippen LogP contribution < -0.4 is 0 Å². The Balaban J connectivity index is 1.64. The van der Waals surface area contributed by atoms with Gasteiger partial charge in [0.15, 0.2) is 0 Å². The number of Topliss-reactive ketones (excluding diaryl/α,β-unsaturated/α-hetero) is 2. The number of hydrogen-bond acceptors (Lipinski definition) is 7. The van der Waals surface area contributed by atoms with Gasteiger partial charge < -0.3 is 24.8 Å². The van der Waals surface area contributed by atoms with E-state index in [4.69, 9.17) is 9.47 Å². The van der Waals surface area contributed by atoms with Crippen molar-refractivity contribution in [1.82, 2.24) is 0 Å². The number of rotatable bonds is 7. The minimum atomic E-state index is -1.20. The number of ketones is 2. The lowest BCUT2D eigenvalue weighted by molar-refractivity contribution is -0.125. The molecule has 3 N–H and O–H groups in total. The summed E-state index contributed by atoms with van der Waals surface area (Å²) < 4.78 is 10.7. The largest absolute Gasteiger partial charge is 0.507 e. The number of aromatic hydroxyl groups is 2. The molecular weight excluding hydrogens is 476 g/mol. The van der Waals surface area contributed by atoms with Crippen LogP contribution in [0.25, 0.3) is 21.5 Å². The quantitative estimate of drug-likeness (QED) is 0.321. The van der Waals surface area contributed by atoms with Crippen LogP contribution in [0.1, 0.15) is 47.2 Å². The van der Waals surface area contributed by atoms with E-state index < -0.39 is 5.97 Å². The van der Waals surface area contributed by atoms with Gasteiger partial charge in [0.05, 0.1) is 5.56 Å². The van der Waals surface area contributed by atoms with Crippen molar-refractivity contribution in [1.29, 1.82) is 0 Å². The van der Waals surface area contributed by atoms with Gasteiger partial charge in [-0.3, -0.25) is 9.59 Å². The zero-order chi connectivity index (χ0) is 26.1. The molecule has 0 spiro atoms. The summed E-state index contributed by atoms with van der Waals surface area (Å²) in [6.45, 7) is 2.07. The third-order valence-electron chi connectivity index (χ3n) is 7.68. The van der Waals surface area contributed by atoms with Crippen LogP contribution in [0.4, 0.5) is 0 Å². The lowest BCUT2D eigenvalue weighted by Gasteiger charge is -2.22. The maximum atomic E-state index is 13.1. The van der Waals surface area contributed by atoms with E-state index in [2.05, 4.69) is 0 Å². The fourth-order valence-corrected chi connectivity index (χ4v) is 5.63. The molecule has 0 saturated carbocycles. The van der Waals surface area contributed by atoms with E-state index in [0.717, 1.165) is 0 Å². The zero-order valence-corrected chi connectivity index (χ0v) is 20.5. The highest BCUT2D eigenvalue weighted by Crippen LogP contribution is 2.45. The number of carbonyl (C=O) groups excluding carboxylic acids is 2. The Bertz CT molecular complexity index is 1380. The van der Waals surface area contributed by atoms with E-state index >= 15 is 0 Å². The standard InChI is InChI=1S/C29H30O8/c30-23(16-4-8-36-9-5-16)14-18-2-1-3-21-25(18)28(33)26-19(15-24(31)17-6-10-37-11-7-17)12-20(29(34)35)13-22(26)27(21)32/h1-3,12-13,16-17,32-33H,4-11,14-15H2,(H,34,35). The number of ether oxygens (including phenoxy) is 2. The van der Waals surface area contributed by atoms with Crippen LogP contribution in [0.15, 0.2) is 30.3 Å². The number of carbonyl (C=O) groups is 3. The number of aromatic carboxylic acids is 1. The predicted molar refractivity (Wildman–Crippen MR) is 136 cm³/mol. The number of phenols is 2. The minimum absolute atomic E-state index is 0.0472. The summed E-state index contributed by atoms with van der Waals surface area (Å²) in [5.74, 6) is -1.89. The summed E-state index contributed by atoms with van der Waals surface area (Å²) in [5, 5.41) is 33.6. The number of carboxylic acid groups (broad SMARTS) is 1. The predicted octanol–water partition coefficient (Wildman–Crippen LogP) is 4.18. The van der Waals surface area contributed by atoms with Gasteiger partial charge in [0.25, 0.3) is 0 Å². The van der Waals surface area contributed by atoms with Crippen LogP contribution in [-0.2, 0) is 31.9 Å². The maximum Gasteiger partial charge on any atom is 0.335 e. The fourth-order valence-electron chi connectivity index (χ4n) is 5.63. The zero-order valence-electron chi connectivity index (χ0n) is 20.5. The van der Waals surface area contributed by atoms with E-state index in [1.807, 2.05) is 0 Å². The second-order valence-electron chi connectivity index (χ2n) is 9.96. The first-order valence-electron chi connectivity index (χ1n) is 12.7. The first kappa shape index (κ1) is 25.2. The highest BCUT2D eigenvalue weighted by atomic mass is 16.5. The third kappa shape index (κ3) is 4.91. The molecule has 0 amide bonds. The molecule has 2 fully saturated rings. The van der Waals surface area contributed by atoms with Crippen molar-refractivity contribution in [3.05, 3.63) is 47.0 Å². The second-order valence-corrected chi connectivity index (χ2v) is 9.96. The van der Waals surface area contributed by atoms with Gasteiger partial charge in [-0.05, 0) is 48.9 Å². The molecule has 194 valence electrons. The first-order chi connectivity index (χ1) is 17.8. The summed E-state index contributed by atoms with van der Waals surface area (Å²) >= 11 is 0. The monoisotopic (exact) mass is 506 g/mol. The number of hydrogen-bond donors (Lipinski definition) is 3. The normalized spacial score (nSPS) is 17.3. The molecule has 3 aromatic carbocycles. The Morgan fingerprint density at radius 1 is 0.730 bits per heavy atom. The van der Waals surface area contributed by atoms with Gasteiger partial charge in [-0.15, -0.1) is 0 Å². The highest BCUT2D eigenvalue weighted by Gasteiger charge is 2.27. The topological polar surface area (TPSA) is 130 Å². The summed E-state index contributed by atoms with van der Waals surface area (Å²) in [4.78, 5) is 38.1. The van der Waals surface area contributed by atoms with Crippen molar-refractivity contribution in [2.75, 3.05) is 26.4 Å². The summed E-state index contributed by atoms with van der Waals surface area (Å²) in [5.41, 5.74) is 0.835. The average molecular weight is 507 g/mol. The van der Waals surface area contributed by atoms with E-state index in [1.165, 1.54) is 12.1 Å². The van der Waals surface area contributed by atoms with Gasteiger partial charge in [-0.2, -0.15) is 0 Å². The van der Waals surface area contributed by atoms with Crippen molar-refractivity contribution in [2.45, 2.75) is 38.5 Å². The van der Waals surface area contributed by atoms with Crippen LogP contribution >= 0.6 is 0 Å². The van der Waals surface area contributed by atoms with Crippen molar-refractivity contribution >= 4 is 39.1 Å². The summed E-state index contributed by atoms with van der Waals surface area (Å²) in [7, 11) is 0. The maximum absolute atomic E-state index is 13.1. The van der Waals surface area contributed by atoms with Crippen LogP contribution in [-0.4, -0.2) is 59.3 Å². The number of phenolic OH excluding ortho intramolecular Hbond substituents is 2. The first-order valence-corrected chi connectivity index (χ1v) is 12.7. The Hall–Kier alpha value is -3.49. The fraction of sp³-hybridized carbons (Fsp3) is 0.414. The van der Waals surface area contributed by atoms with E-state index in [0.29, 0.717) is 74.0 Å². The van der Waals surface area contributed by atoms with Gasteiger partial charge in [-0.25, -0.2) is 4.79 Å². The molecule has 0 bridgehead atoms. The third-order valence-corrected chi connectivity index (χ3v) is 7.68. The lowest BCUT2D eigenvalue weighted by Crippen LogP contribution is -2.25. The summed E-state index contributed by atoms with van der Waals surface area (Å²) in [6.07, 6.45) is 2.50. The van der Waals surface area contributed by atoms with Crippen LogP contribution in [0.3, 0.4) is 0 Å². The SMILES string of the molecule is O=C(O)c1cc(CC(=O)C2CCOCC2)c2c(O)c3c(CC(=O)C4CCOCC4)cccc3c(O)c2c1. The molecule has 2 aliphatic heterocycles. The molecule has 2 heterocycles. The lowest BCUT2D eigenvalue weighted by atomic mass is 9.86. The minimum Gasteiger partial charge on any atom is -0.507 e. The Kier molecular flexibility index (Phi) is 7.13. The smallest absolute Gasteiger partial charge is 0.335 e. The molecule has 2 aliphatic rings. The number of fused-ring (bicyclic) bond motifs is 2. The van der Waals surface area contributed by atoms with Gasteiger partial charge >= 0.3 is 5.97 Å². The Morgan fingerprint density at radius 2 is 1.27 bits per heavy atom. The van der Waals surface area contributed by atoms with E-state index in [9.17, 15) is 29.7 Å².